The van der Waals surface area contributed by atoms with Crippen molar-refractivity contribution in [3.05, 3.63) is 82.6 Å². The van der Waals surface area contributed by atoms with Crippen LogP contribution in [0.5, 0.6) is 0 Å². The Morgan fingerprint density at radius 2 is 1.80 bits per heavy atom. The Morgan fingerprint density at radius 1 is 1.06 bits per heavy atom. The fraction of sp³-hybridized carbons (Fsp3) is 0.333. The normalized spacial score (nSPS) is 12.4. The third-order valence-electron chi connectivity index (χ3n) is 6.23. The van der Waals surface area contributed by atoms with E-state index in [0.717, 1.165) is 27.9 Å². The van der Waals surface area contributed by atoms with Crippen LogP contribution < -0.4 is 5.32 Å². The highest BCUT2D eigenvalue weighted by molar-refractivity contribution is 7.10. The molecular weight excluding hydrogens is 458 g/mol. The van der Waals surface area contributed by atoms with Crippen LogP contribution in [0.1, 0.15) is 43.7 Å². The molecule has 4 rings (SSSR count). The van der Waals surface area contributed by atoms with Gasteiger partial charge in [-0.05, 0) is 55.8 Å². The molecule has 0 aliphatic carbocycles. The number of nitrogens with one attached hydrogen (secondary N) is 1. The Morgan fingerprint density at radius 3 is 2.51 bits per heavy atom. The number of para-hydroxylation sites is 1. The summed E-state index contributed by atoms with van der Waals surface area (Å²) < 4.78 is 1.60. The maximum atomic E-state index is 13.8. The molecule has 0 saturated carbocycles. The molecule has 0 spiro atoms. The number of hydrogen-bond donors (Lipinski definition) is 1. The van der Waals surface area contributed by atoms with Crippen molar-refractivity contribution in [3.63, 3.8) is 0 Å². The van der Waals surface area contributed by atoms with Crippen LogP contribution in [0, 0.1) is 0 Å². The van der Waals surface area contributed by atoms with Gasteiger partial charge in [0.15, 0.2) is 0 Å². The van der Waals surface area contributed by atoms with Crippen LogP contribution in [-0.4, -0.2) is 43.8 Å². The Hall–Kier alpha value is -3.52. The topological polar surface area (TPSA) is 80.1 Å². The van der Waals surface area contributed by atoms with Crippen molar-refractivity contribution in [3.8, 4) is 0 Å². The smallest absolute Gasteiger partial charge is 0.248 e. The van der Waals surface area contributed by atoms with E-state index < -0.39 is 6.04 Å². The Balaban J connectivity index is 1.67. The predicted octanol–water partition coefficient (Wildman–Crippen LogP) is 4.61. The van der Waals surface area contributed by atoms with Crippen LogP contribution in [0.4, 0.5) is 0 Å². The van der Waals surface area contributed by atoms with Gasteiger partial charge in [0, 0.05) is 17.0 Å². The first-order chi connectivity index (χ1) is 16.9. The van der Waals surface area contributed by atoms with Crippen LogP contribution in [0.3, 0.4) is 0 Å². The standard InChI is InChI=1S/C27H31N5O2S/c1-4-27(2,3)28-26(34)25(23-15-10-18-35-23)31(17-16-20-11-6-5-7-12-20)24(33)19-32-22-14-9-8-13-21(22)29-30-32/h5-15,18,25H,4,16-17,19H2,1-3H3,(H,28,34). The summed E-state index contributed by atoms with van der Waals surface area (Å²) in [4.78, 5) is 30.0. The van der Waals surface area contributed by atoms with Gasteiger partial charge in [0.25, 0.3) is 0 Å². The number of nitrogens with zero attached hydrogens (tertiary/aromatic N) is 4. The Labute approximate surface area is 209 Å². The van der Waals surface area contributed by atoms with Crippen molar-refractivity contribution < 1.29 is 9.59 Å². The fourth-order valence-corrected chi connectivity index (χ4v) is 4.74. The minimum absolute atomic E-state index is 0.00162. The molecule has 7 nitrogen and oxygen atoms in total. The summed E-state index contributed by atoms with van der Waals surface area (Å²) >= 11 is 1.48. The number of hydrogen-bond acceptors (Lipinski definition) is 5. The minimum Gasteiger partial charge on any atom is -0.349 e. The molecule has 1 atom stereocenters. The molecule has 0 radical (unpaired) electrons. The van der Waals surface area contributed by atoms with Crippen LogP contribution in [0.25, 0.3) is 11.0 Å². The molecule has 35 heavy (non-hydrogen) atoms. The highest BCUT2D eigenvalue weighted by Crippen LogP contribution is 2.28. The van der Waals surface area contributed by atoms with Gasteiger partial charge in [-0.3, -0.25) is 9.59 Å². The highest BCUT2D eigenvalue weighted by atomic mass is 32.1. The molecule has 0 fully saturated rings. The summed E-state index contributed by atoms with van der Waals surface area (Å²) in [6, 6.07) is 20.7. The third-order valence-corrected chi connectivity index (χ3v) is 7.15. The van der Waals surface area contributed by atoms with Gasteiger partial charge in [-0.25, -0.2) is 4.68 Å². The molecule has 4 aromatic rings. The highest BCUT2D eigenvalue weighted by Gasteiger charge is 2.34. The fourth-order valence-electron chi connectivity index (χ4n) is 3.91. The summed E-state index contributed by atoms with van der Waals surface area (Å²) in [5.74, 6) is -0.358. The van der Waals surface area contributed by atoms with Gasteiger partial charge in [-0.1, -0.05) is 60.7 Å². The summed E-state index contributed by atoms with van der Waals surface area (Å²) in [6.45, 7) is 6.43. The number of carbonyl (C=O) groups is 2. The molecule has 0 aliphatic rings. The van der Waals surface area contributed by atoms with E-state index in [1.54, 1.807) is 9.58 Å². The molecular formula is C27H31N5O2S. The zero-order valence-electron chi connectivity index (χ0n) is 20.3. The van der Waals surface area contributed by atoms with Crippen molar-refractivity contribution in [2.45, 2.75) is 51.7 Å². The molecule has 1 N–H and O–H groups in total. The number of fused-ring (bicyclic) bond motifs is 1. The number of benzene rings is 2. The number of carbonyl (C=O) groups excluding carboxylic acids is 2. The zero-order chi connectivity index (χ0) is 24.8. The van der Waals surface area contributed by atoms with E-state index in [1.165, 1.54) is 11.3 Å². The number of thiophene rings is 1. The molecule has 2 amide bonds. The molecule has 2 heterocycles. The van der Waals surface area contributed by atoms with Crippen molar-refractivity contribution in [1.29, 1.82) is 0 Å². The van der Waals surface area contributed by atoms with Gasteiger partial charge in [0.05, 0.1) is 5.52 Å². The predicted molar refractivity (Wildman–Crippen MR) is 139 cm³/mol. The van der Waals surface area contributed by atoms with Crippen LogP contribution >= 0.6 is 11.3 Å². The maximum absolute atomic E-state index is 13.8. The van der Waals surface area contributed by atoms with Gasteiger partial charge >= 0.3 is 0 Å². The number of rotatable bonds is 10. The van der Waals surface area contributed by atoms with E-state index in [2.05, 4.69) is 15.6 Å². The Bertz CT molecular complexity index is 1270. The van der Waals surface area contributed by atoms with Gasteiger partial charge in [-0.2, -0.15) is 0 Å². The summed E-state index contributed by atoms with van der Waals surface area (Å²) in [7, 11) is 0. The molecule has 8 heteroatoms. The minimum atomic E-state index is -0.730. The van der Waals surface area contributed by atoms with Gasteiger partial charge in [-0.15, -0.1) is 16.4 Å². The second-order valence-electron chi connectivity index (χ2n) is 9.20. The average Bonchev–Trinajstić information content (AvgIpc) is 3.52. The lowest BCUT2D eigenvalue weighted by atomic mass is 10.0. The molecule has 0 bridgehead atoms. The zero-order valence-corrected chi connectivity index (χ0v) is 21.2. The number of aromatic nitrogens is 3. The second kappa shape index (κ2) is 10.8. The summed E-state index contributed by atoms with van der Waals surface area (Å²) in [5.41, 5.74) is 2.24. The van der Waals surface area contributed by atoms with Crippen LogP contribution in [0.2, 0.25) is 0 Å². The second-order valence-corrected chi connectivity index (χ2v) is 10.2. The molecule has 0 saturated heterocycles. The molecule has 1 unspecified atom stereocenters. The molecule has 2 aromatic carbocycles. The van der Waals surface area contributed by atoms with Crippen LogP contribution in [0.15, 0.2) is 72.1 Å². The largest absolute Gasteiger partial charge is 0.349 e. The Kier molecular flexibility index (Phi) is 7.60. The third kappa shape index (κ3) is 5.95. The SMILES string of the molecule is CCC(C)(C)NC(=O)C(c1cccs1)N(CCc1ccccc1)C(=O)Cn1nnc2ccccc21. The van der Waals surface area contributed by atoms with E-state index in [1.807, 2.05) is 92.9 Å². The summed E-state index contributed by atoms with van der Waals surface area (Å²) in [6.07, 6.45) is 1.41. The monoisotopic (exact) mass is 489 g/mol. The molecule has 2 aromatic heterocycles. The van der Waals surface area contributed by atoms with Gasteiger partial charge in [0.2, 0.25) is 11.8 Å². The average molecular weight is 490 g/mol. The first-order valence-electron chi connectivity index (χ1n) is 11.8. The van der Waals surface area contributed by atoms with Crippen molar-refractivity contribution in [2.24, 2.45) is 0 Å². The van der Waals surface area contributed by atoms with Gasteiger partial charge < -0.3 is 10.2 Å². The van der Waals surface area contributed by atoms with E-state index in [4.69, 9.17) is 0 Å². The lowest BCUT2D eigenvalue weighted by Crippen LogP contribution is -2.51. The van der Waals surface area contributed by atoms with E-state index in [-0.39, 0.29) is 23.9 Å². The quantitative estimate of drug-likeness (QED) is 0.353. The van der Waals surface area contributed by atoms with E-state index >= 15 is 0 Å². The number of amides is 2. The van der Waals surface area contributed by atoms with E-state index in [0.29, 0.717) is 13.0 Å². The van der Waals surface area contributed by atoms with Gasteiger partial charge in [0.1, 0.15) is 18.1 Å². The lowest BCUT2D eigenvalue weighted by molar-refractivity contribution is -0.142. The van der Waals surface area contributed by atoms with Crippen molar-refractivity contribution in [2.75, 3.05) is 6.54 Å². The lowest BCUT2D eigenvalue weighted by Gasteiger charge is -2.34. The first kappa shape index (κ1) is 24.6. The van der Waals surface area contributed by atoms with E-state index in [9.17, 15) is 9.59 Å². The summed E-state index contributed by atoms with van der Waals surface area (Å²) in [5, 5.41) is 13.5. The maximum Gasteiger partial charge on any atom is 0.248 e. The molecule has 0 aliphatic heterocycles. The van der Waals surface area contributed by atoms with Crippen molar-refractivity contribution in [1.82, 2.24) is 25.2 Å². The van der Waals surface area contributed by atoms with Crippen LogP contribution in [-0.2, 0) is 22.6 Å². The molecule has 182 valence electrons. The van der Waals surface area contributed by atoms with Crippen molar-refractivity contribution >= 4 is 34.2 Å². The first-order valence-corrected chi connectivity index (χ1v) is 12.7.